The monoisotopic (exact) mass is 241 g/mol. The summed E-state index contributed by atoms with van der Waals surface area (Å²) in [5.74, 6) is 1.15. The molecule has 0 saturated carbocycles. The average molecular weight is 241 g/mol. The van der Waals surface area contributed by atoms with Crippen LogP contribution < -0.4 is 5.32 Å². The molecule has 1 unspecified atom stereocenters. The van der Waals surface area contributed by atoms with Crippen LogP contribution in [0.5, 0.6) is 0 Å². The Hall–Kier alpha value is -0.550. The van der Waals surface area contributed by atoms with Crippen molar-refractivity contribution in [2.45, 2.75) is 32.9 Å². The lowest BCUT2D eigenvalue weighted by molar-refractivity contribution is 0.667. The Balaban J connectivity index is 1.89. The van der Waals surface area contributed by atoms with Crippen LogP contribution in [0.15, 0.2) is 10.4 Å². The number of aliphatic imine (C=N–C) groups is 1. The van der Waals surface area contributed by atoms with Crippen molar-refractivity contribution in [3.05, 3.63) is 16.1 Å². The largest absolute Gasteiger partial charge is 0.361 e. The molecule has 1 N–H and O–H groups in total. The Bertz CT molecular complexity index is 359. The van der Waals surface area contributed by atoms with Crippen molar-refractivity contribution < 1.29 is 0 Å². The van der Waals surface area contributed by atoms with Gasteiger partial charge in [0.05, 0.1) is 6.54 Å². The third kappa shape index (κ3) is 2.95. The Kier molecular flexibility index (Phi) is 3.64. The van der Waals surface area contributed by atoms with Gasteiger partial charge in [0.25, 0.3) is 0 Å². The van der Waals surface area contributed by atoms with E-state index in [4.69, 9.17) is 0 Å². The molecule has 0 radical (unpaired) electrons. The Morgan fingerprint density at radius 2 is 2.53 bits per heavy atom. The van der Waals surface area contributed by atoms with Gasteiger partial charge in [0.15, 0.2) is 5.17 Å². The molecule has 15 heavy (non-hydrogen) atoms. The quantitative estimate of drug-likeness (QED) is 0.883. The summed E-state index contributed by atoms with van der Waals surface area (Å²) < 4.78 is 0. The number of hydrogen-bond acceptors (Lipinski definition) is 4. The first-order chi connectivity index (χ1) is 7.28. The van der Waals surface area contributed by atoms with Gasteiger partial charge in [-0.25, -0.2) is 4.98 Å². The SMILES string of the molecule is CCC1CSC(=NCc2nc(C)cs2)N1. The predicted octanol–water partition coefficient (Wildman–Crippen LogP) is 2.42. The summed E-state index contributed by atoms with van der Waals surface area (Å²) in [6, 6.07) is 0.604. The maximum atomic E-state index is 4.52. The van der Waals surface area contributed by atoms with Crippen molar-refractivity contribution >= 4 is 28.3 Å². The molecule has 1 atom stereocenters. The van der Waals surface area contributed by atoms with Crippen molar-refractivity contribution in [1.29, 1.82) is 0 Å². The van der Waals surface area contributed by atoms with Crippen LogP contribution in [0.25, 0.3) is 0 Å². The first-order valence-electron chi connectivity index (χ1n) is 5.12. The minimum absolute atomic E-state index is 0.604. The fraction of sp³-hybridized carbons (Fsp3) is 0.600. The zero-order valence-corrected chi connectivity index (χ0v) is 10.6. The van der Waals surface area contributed by atoms with Crippen LogP contribution in [-0.2, 0) is 6.54 Å². The van der Waals surface area contributed by atoms with Gasteiger partial charge < -0.3 is 5.32 Å². The molecule has 0 spiro atoms. The van der Waals surface area contributed by atoms with E-state index in [2.05, 4.69) is 27.6 Å². The fourth-order valence-electron chi connectivity index (χ4n) is 1.36. The summed E-state index contributed by atoms with van der Waals surface area (Å²) in [5, 5.41) is 7.65. The lowest BCUT2D eigenvalue weighted by atomic mass is 10.3. The Morgan fingerprint density at radius 1 is 1.67 bits per heavy atom. The molecular formula is C10H15N3S2. The van der Waals surface area contributed by atoms with Gasteiger partial charge in [-0.3, -0.25) is 4.99 Å². The van der Waals surface area contributed by atoms with Gasteiger partial charge >= 0.3 is 0 Å². The van der Waals surface area contributed by atoms with Crippen LogP contribution in [0, 0.1) is 6.92 Å². The highest BCUT2D eigenvalue weighted by Gasteiger charge is 2.17. The van der Waals surface area contributed by atoms with Gasteiger partial charge in [-0.15, -0.1) is 11.3 Å². The van der Waals surface area contributed by atoms with E-state index < -0.39 is 0 Å². The number of thioether (sulfide) groups is 1. The summed E-state index contributed by atoms with van der Waals surface area (Å²) in [5.41, 5.74) is 1.09. The molecule has 0 aliphatic carbocycles. The van der Waals surface area contributed by atoms with E-state index in [-0.39, 0.29) is 0 Å². The van der Waals surface area contributed by atoms with E-state index in [9.17, 15) is 0 Å². The van der Waals surface area contributed by atoms with Crippen molar-refractivity contribution in [3.8, 4) is 0 Å². The van der Waals surface area contributed by atoms with E-state index in [1.165, 1.54) is 6.42 Å². The molecule has 0 bridgehead atoms. The van der Waals surface area contributed by atoms with Gasteiger partial charge in [0.2, 0.25) is 0 Å². The van der Waals surface area contributed by atoms with E-state index in [1.54, 1.807) is 11.3 Å². The number of aryl methyl sites for hydroxylation is 1. The Morgan fingerprint density at radius 3 is 3.13 bits per heavy atom. The number of thiazole rings is 1. The van der Waals surface area contributed by atoms with E-state index >= 15 is 0 Å². The standard InChI is InChI=1S/C10H15N3S2/c1-3-8-6-15-10(13-8)11-4-9-12-7(2)5-14-9/h5,8H,3-4,6H2,1-2H3,(H,11,13). The highest BCUT2D eigenvalue weighted by molar-refractivity contribution is 8.14. The van der Waals surface area contributed by atoms with Crippen LogP contribution in [-0.4, -0.2) is 21.9 Å². The normalized spacial score (nSPS) is 23.3. The molecule has 2 rings (SSSR count). The fourth-order valence-corrected chi connectivity index (χ4v) is 3.14. The molecule has 1 aromatic heterocycles. The second-order valence-corrected chi connectivity index (χ2v) is 5.52. The zero-order valence-electron chi connectivity index (χ0n) is 8.99. The molecule has 82 valence electrons. The molecular weight excluding hydrogens is 226 g/mol. The number of rotatable bonds is 3. The van der Waals surface area contributed by atoms with Crippen molar-refractivity contribution in [1.82, 2.24) is 10.3 Å². The highest BCUT2D eigenvalue weighted by Crippen LogP contribution is 2.17. The minimum Gasteiger partial charge on any atom is -0.361 e. The molecule has 1 fully saturated rings. The molecule has 2 heterocycles. The van der Waals surface area contributed by atoms with Crippen LogP contribution in [0.2, 0.25) is 0 Å². The second kappa shape index (κ2) is 4.99. The lowest BCUT2D eigenvalue weighted by Gasteiger charge is -2.04. The first kappa shape index (κ1) is 11.0. The van der Waals surface area contributed by atoms with Crippen molar-refractivity contribution in [2.24, 2.45) is 4.99 Å². The molecule has 3 nitrogen and oxygen atoms in total. The van der Waals surface area contributed by atoms with Gasteiger partial charge in [-0.1, -0.05) is 18.7 Å². The van der Waals surface area contributed by atoms with E-state index in [1.807, 2.05) is 18.7 Å². The van der Waals surface area contributed by atoms with Crippen LogP contribution in [0.1, 0.15) is 24.0 Å². The zero-order chi connectivity index (χ0) is 10.7. The third-order valence-electron chi connectivity index (χ3n) is 2.27. The summed E-state index contributed by atoms with van der Waals surface area (Å²) in [4.78, 5) is 8.91. The number of aromatic nitrogens is 1. The molecule has 1 aromatic rings. The molecule has 1 aliphatic heterocycles. The molecule has 1 aliphatic rings. The summed E-state index contributed by atoms with van der Waals surface area (Å²) in [7, 11) is 0. The number of nitrogens with zero attached hydrogens (tertiary/aromatic N) is 2. The van der Waals surface area contributed by atoms with Gasteiger partial charge in [0, 0.05) is 22.9 Å². The Labute approximate surface area is 98.4 Å². The van der Waals surface area contributed by atoms with Crippen LogP contribution in [0.4, 0.5) is 0 Å². The maximum absolute atomic E-state index is 4.52. The van der Waals surface area contributed by atoms with Crippen molar-refractivity contribution in [3.63, 3.8) is 0 Å². The third-order valence-corrected chi connectivity index (χ3v) is 4.31. The topological polar surface area (TPSA) is 37.3 Å². The summed E-state index contributed by atoms with van der Waals surface area (Å²) >= 11 is 3.50. The molecule has 0 amide bonds. The van der Waals surface area contributed by atoms with Crippen LogP contribution in [0.3, 0.4) is 0 Å². The number of hydrogen-bond donors (Lipinski definition) is 1. The predicted molar refractivity (Wildman–Crippen MR) is 67.7 cm³/mol. The molecule has 1 saturated heterocycles. The highest BCUT2D eigenvalue weighted by atomic mass is 32.2. The van der Waals surface area contributed by atoms with E-state index in [0.717, 1.165) is 21.6 Å². The number of nitrogens with one attached hydrogen (secondary N) is 1. The maximum Gasteiger partial charge on any atom is 0.157 e. The average Bonchev–Trinajstić information content (AvgIpc) is 2.83. The molecule has 0 aromatic carbocycles. The lowest BCUT2D eigenvalue weighted by Crippen LogP contribution is -2.25. The van der Waals surface area contributed by atoms with Crippen molar-refractivity contribution in [2.75, 3.05) is 5.75 Å². The van der Waals surface area contributed by atoms with Gasteiger partial charge in [0.1, 0.15) is 5.01 Å². The first-order valence-corrected chi connectivity index (χ1v) is 6.99. The minimum atomic E-state index is 0.604. The smallest absolute Gasteiger partial charge is 0.157 e. The summed E-state index contributed by atoms with van der Waals surface area (Å²) in [6.07, 6.45) is 1.17. The van der Waals surface area contributed by atoms with Gasteiger partial charge in [-0.05, 0) is 13.3 Å². The van der Waals surface area contributed by atoms with Gasteiger partial charge in [-0.2, -0.15) is 0 Å². The second-order valence-electron chi connectivity index (χ2n) is 3.56. The number of amidine groups is 1. The van der Waals surface area contributed by atoms with E-state index in [0.29, 0.717) is 12.6 Å². The van der Waals surface area contributed by atoms with Crippen LogP contribution >= 0.6 is 23.1 Å². The molecule has 5 heteroatoms. The summed E-state index contributed by atoms with van der Waals surface area (Å²) in [6.45, 7) is 4.93.